The Morgan fingerprint density at radius 2 is 1.47 bits per heavy atom. The number of rotatable bonds is 1. The Labute approximate surface area is 126 Å². The molecule has 0 bridgehead atoms. The summed E-state index contributed by atoms with van der Waals surface area (Å²) in [6.45, 7) is 21.7. The first-order valence-corrected chi connectivity index (χ1v) is 7.60. The molecular formula is C16H32N2S. The Morgan fingerprint density at radius 1 is 1.05 bits per heavy atom. The normalized spacial score (nSPS) is 15.2. The predicted octanol–water partition coefficient (Wildman–Crippen LogP) is 6.01. The molecule has 0 atom stereocenters. The molecule has 0 aliphatic carbocycles. The number of hydrogen-bond acceptors (Lipinski definition) is 3. The largest absolute Gasteiger partial charge is 0.306 e. The van der Waals surface area contributed by atoms with Crippen molar-refractivity contribution in [2.75, 3.05) is 0 Å². The van der Waals surface area contributed by atoms with Crippen LogP contribution < -0.4 is 0 Å². The number of aliphatic imine (C=N–C) groups is 1. The van der Waals surface area contributed by atoms with Crippen LogP contribution in [0.1, 0.15) is 62.3 Å². The number of nitrogens with zero attached hydrogens (tertiary/aromatic N) is 2. The lowest BCUT2D eigenvalue weighted by atomic mass is 10.2. The van der Waals surface area contributed by atoms with Gasteiger partial charge in [0.15, 0.2) is 0 Å². The van der Waals surface area contributed by atoms with Gasteiger partial charge < -0.3 is 4.90 Å². The van der Waals surface area contributed by atoms with Crippen molar-refractivity contribution in [3.8, 4) is 0 Å². The van der Waals surface area contributed by atoms with Crippen molar-refractivity contribution < 1.29 is 0 Å². The molecule has 0 saturated carbocycles. The topological polar surface area (TPSA) is 15.6 Å². The van der Waals surface area contributed by atoms with Crippen LogP contribution in [0.25, 0.3) is 0 Å². The van der Waals surface area contributed by atoms with E-state index in [0.29, 0.717) is 0 Å². The third-order valence-corrected chi connectivity index (χ3v) is 2.66. The van der Waals surface area contributed by atoms with E-state index < -0.39 is 0 Å². The van der Waals surface area contributed by atoms with Crippen molar-refractivity contribution in [2.24, 2.45) is 4.99 Å². The van der Waals surface area contributed by atoms with Crippen LogP contribution in [0.3, 0.4) is 0 Å². The van der Waals surface area contributed by atoms with Gasteiger partial charge in [0.05, 0.1) is 5.71 Å². The second-order valence-electron chi connectivity index (χ2n) is 2.83. The molecule has 0 aromatic heterocycles. The molecule has 19 heavy (non-hydrogen) atoms. The van der Waals surface area contributed by atoms with Gasteiger partial charge in [-0.3, -0.25) is 0 Å². The summed E-state index contributed by atoms with van der Waals surface area (Å²) in [4.78, 5) is 7.23. The molecule has 1 heterocycles. The maximum Gasteiger partial charge on any atom is 0.132 e. The van der Waals surface area contributed by atoms with Crippen molar-refractivity contribution in [3.05, 3.63) is 35.3 Å². The van der Waals surface area contributed by atoms with Crippen molar-refractivity contribution in [3.63, 3.8) is 0 Å². The molecule has 3 heteroatoms. The molecule has 0 saturated heterocycles. The fraction of sp³-hybridized carbons (Fsp3) is 0.562. The van der Waals surface area contributed by atoms with Crippen LogP contribution in [0.5, 0.6) is 0 Å². The summed E-state index contributed by atoms with van der Waals surface area (Å²) >= 11 is 4.38. The fourth-order valence-corrected chi connectivity index (χ4v) is 1.42. The highest BCUT2D eigenvalue weighted by Crippen LogP contribution is 2.26. The number of allylic oxidation sites excluding steroid dienone is 3. The van der Waals surface area contributed by atoms with E-state index in [1.54, 1.807) is 6.20 Å². The Kier molecular flexibility index (Phi) is 18.4. The lowest BCUT2D eigenvalue weighted by Crippen LogP contribution is -2.20. The van der Waals surface area contributed by atoms with E-state index in [2.05, 4.69) is 24.2 Å². The van der Waals surface area contributed by atoms with Crippen LogP contribution in [0.4, 0.5) is 0 Å². The van der Waals surface area contributed by atoms with Gasteiger partial charge in [-0.1, -0.05) is 48.1 Å². The molecule has 0 spiro atoms. The number of hydrogen-bond donors (Lipinski definition) is 1. The zero-order chi connectivity index (χ0) is 16.0. The smallest absolute Gasteiger partial charge is 0.132 e. The quantitative estimate of drug-likeness (QED) is 0.583. The molecule has 0 aromatic rings. The summed E-state index contributed by atoms with van der Waals surface area (Å²) in [6.07, 6.45) is 3.70. The van der Waals surface area contributed by atoms with E-state index >= 15 is 0 Å². The second-order valence-corrected chi connectivity index (χ2v) is 3.28. The average molecular weight is 285 g/mol. The zero-order valence-electron chi connectivity index (χ0n) is 14.2. The monoisotopic (exact) mass is 284 g/mol. The van der Waals surface area contributed by atoms with Gasteiger partial charge in [0.2, 0.25) is 0 Å². The van der Waals surface area contributed by atoms with Gasteiger partial charge in [0, 0.05) is 16.8 Å². The molecule has 1 aliphatic rings. The summed E-state index contributed by atoms with van der Waals surface area (Å²) in [6, 6.07) is 0. The van der Waals surface area contributed by atoms with Crippen LogP contribution in [0.2, 0.25) is 0 Å². The summed E-state index contributed by atoms with van der Waals surface area (Å²) in [5.74, 6) is 0.905. The van der Waals surface area contributed by atoms with E-state index in [-0.39, 0.29) is 0 Å². The fourth-order valence-electron chi connectivity index (χ4n) is 1.26. The van der Waals surface area contributed by atoms with Gasteiger partial charge in [-0.05, 0) is 26.8 Å². The molecule has 1 rings (SSSR count). The zero-order valence-corrected chi connectivity index (χ0v) is 15.1. The molecule has 1 aliphatic heterocycles. The van der Waals surface area contributed by atoms with E-state index in [0.717, 1.165) is 22.1 Å². The predicted molar refractivity (Wildman–Crippen MR) is 94.6 cm³/mol. The van der Waals surface area contributed by atoms with Crippen LogP contribution in [-0.2, 0) is 0 Å². The summed E-state index contributed by atoms with van der Waals surface area (Å²) < 4.78 is 0. The molecule has 0 N–H and O–H groups in total. The van der Waals surface area contributed by atoms with Gasteiger partial charge in [-0.2, -0.15) is 0 Å². The summed E-state index contributed by atoms with van der Waals surface area (Å²) in [7, 11) is 0. The van der Waals surface area contributed by atoms with Crippen molar-refractivity contribution in [2.45, 2.75) is 62.3 Å². The van der Waals surface area contributed by atoms with E-state index in [1.807, 2.05) is 73.3 Å². The van der Waals surface area contributed by atoms with Crippen LogP contribution in [-0.4, -0.2) is 10.6 Å². The second kappa shape index (κ2) is 15.1. The summed E-state index contributed by atoms with van der Waals surface area (Å²) in [5, 5.41) is 0. The van der Waals surface area contributed by atoms with Crippen molar-refractivity contribution >= 4 is 18.3 Å². The lowest BCUT2D eigenvalue weighted by Gasteiger charge is -2.27. The molecule has 0 aromatic carbocycles. The standard InChI is InChI=1S/C10H14N2S.3C2H6/c1-5-9-11-7(3)10(13)8(4)12(9)6-2;3*1-2/h5-6,13H,2H2,1,3-4H3;3*1-2H3/b9-5-;;;. The molecule has 0 fully saturated rings. The Morgan fingerprint density at radius 3 is 1.79 bits per heavy atom. The van der Waals surface area contributed by atoms with Gasteiger partial charge in [0.25, 0.3) is 0 Å². The first-order chi connectivity index (χ1) is 9.11. The van der Waals surface area contributed by atoms with E-state index in [9.17, 15) is 0 Å². The van der Waals surface area contributed by atoms with Crippen molar-refractivity contribution in [1.82, 2.24) is 4.90 Å². The molecule has 0 amide bonds. The highest BCUT2D eigenvalue weighted by atomic mass is 32.1. The van der Waals surface area contributed by atoms with Gasteiger partial charge >= 0.3 is 0 Å². The van der Waals surface area contributed by atoms with Crippen LogP contribution in [0.15, 0.2) is 40.3 Å². The lowest BCUT2D eigenvalue weighted by molar-refractivity contribution is 0.561. The molecular weight excluding hydrogens is 252 g/mol. The first kappa shape index (κ1) is 23.2. The molecule has 2 nitrogen and oxygen atoms in total. The van der Waals surface area contributed by atoms with Crippen LogP contribution >= 0.6 is 12.6 Å². The maximum absolute atomic E-state index is 4.38. The van der Waals surface area contributed by atoms with E-state index in [4.69, 9.17) is 0 Å². The minimum atomic E-state index is 0.905. The highest BCUT2D eigenvalue weighted by Gasteiger charge is 2.16. The molecule has 112 valence electrons. The van der Waals surface area contributed by atoms with Gasteiger partial charge in [-0.15, -0.1) is 12.6 Å². The minimum Gasteiger partial charge on any atom is -0.306 e. The first-order valence-electron chi connectivity index (χ1n) is 7.15. The maximum atomic E-state index is 4.38. The molecule has 0 radical (unpaired) electrons. The Balaban J connectivity index is -0.000000375. The average Bonchev–Trinajstić information content (AvgIpc) is 2.50. The van der Waals surface area contributed by atoms with E-state index in [1.165, 1.54) is 0 Å². The Bertz CT molecular complexity index is 326. The number of thiol groups is 1. The van der Waals surface area contributed by atoms with Gasteiger partial charge in [0.1, 0.15) is 5.82 Å². The minimum absolute atomic E-state index is 0.905. The third kappa shape index (κ3) is 7.26. The van der Waals surface area contributed by atoms with Crippen LogP contribution in [0, 0.1) is 0 Å². The molecule has 0 unspecified atom stereocenters. The SMILES string of the molecule is C=CN1C(C)=C(S)C(C)=N/C1=C/C.CC.CC.CC. The highest BCUT2D eigenvalue weighted by molar-refractivity contribution is 7.85. The Hall–Kier alpha value is -0.960. The summed E-state index contributed by atoms with van der Waals surface area (Å²) in [5.41, 5.74) is 2.02. The third-order valence-electron chi connectivity index (χ3n) is 2.02. The van der Waals surface area contributed by atoms with Gasteiger partial charge in [-0.25, -0.2) is 4.99 Å². The van der Waals surface area contributed by atoms with Crippen molar-refractivity contribution in [1.29, 1.82) is 0 Å².